The molecule has 1 rings (SSSR count). The molecule has 0 aliphatic rings. The first-order chi connectivity index (χ1) is 9.15. The van der Waals surface area contributed by atoms with Crippen molar-refractivity contribution in [2.45, 2.75) is 13.0 Å². The van der Waals surface area contributed by atoms with Crippen LogP contribution in [-0.2, 0) is 9.47 Å². The first kappa shape index (κ1) is 16.0. The van der Waals surface area contributed by atoms with Gasteiger partial charge in [-0.15, -0.1) is 0 Å². The molecule has 1 aromatic carbocycles. The normalized spacial score (nSPS) is 11.9. The van der Waals surface area contributed by atoms with Crippen LogP contribution in [0.1, 0.15) is 12.5 Å². The van der Waals surface area contributed by atoms with E-state index in [0.717, 1.165) is 10.2 Å². The van der Waals surface area contributed by atoms with Crippen LogP contribution in [-0.4, -0.2) is 40.0 Å². The smallest absolute Gasteiger partial charge is 0.103 e. The number of ether oxygens (including phenoxy) is 2. The van der Waals surface area contributed by atoms with E-state index in [1.807, 2.05) is 18.2 Å². The highest BCUT2D eigenvalue weighted by molar-refractivity contribution is 9.10. The summed E-state index contributed by atoms with van der Waals surface area (Å²) in [5.74, 6) is 0. The summed E-state index contributed by atoms with van der Waals surface area (Å²) >= 11 is 3.42. The third kappa shape index (κ3) is 4.20. The molecule has 1 aromatic rings. The standard InChI is InChI=1S/C14H19BrN2O2/c1-11(10-19-3)17(7-8-18-2)14-6-4-5-13(15)12(14)9-16/h4-6,11H,7-8,10H2,1-3H3. The average Bonchev–Trinajstić information content (AvgIpc) is 2.39. The zero-order valence-corrected chi connectivity index (χ0v) is 13.1. The van der Waals surface area contributed by atoms with E-state index in [1.165, 1.54) is 0 Å². The summed E-state index contributed by atoms with van der Waals surface area (Å²) in [5, 5.41) is 9.32. The van der Waals surface area contributed by atoms with Gasteiger partial charge in [0.05, 0.1) is 24.5 Å². The van der Waals surface area contributed by atoms with Gasteiger partial charge in [-0.1, -0.05) is 6.07 Å². The molecule has 0 radical (unpaired) electrons. The van der Waals surface area contributed by atoms with Crippen LogP contribution in [0, 0.1) is 11.3 Å². The van der Waals surface area contributed by atoms with Crippen molar-refractivity contribution in [2.24, 2.45) is 0 Å². The number of methoxy groups -OCH3 is 2. The molecule has 0 bridgehead atoms. The van der Waals surface area contributed by atoms with E-state index < -0.39 is 0 Å². The molecule has 0 saturated carbocycles. The van der Waals surface area contributed by atoms with Crippen molar-refractivity contribution >= 4 is 21.6 Å². The molecule has 4 nitrogen and oxygen atoms in total. The van der Waals surface area contributed by atoms with Crippen LogP contribution >= 0.6 is 15.9 Å². The number of hydrogen-bond donors (Lipinski definition) is 0. The molecule has 1 atom stereocenters. The summed E-state index contributed by atoms with van der Waals surface area (Å²) in [4.78, 5) is 2.14. The Morgan fingerprint density at radius 1 is 1.37 bits per heavy atom. The molecule has 0 spiro atoms. The summed E-state index contributed by atoms with van der Waals surface area (Å²) in [6.45, 7) is 3.99. The Morgan fingerprint density at radius 2 is 2.11 bits per heavy atom. The fraction of sp³-hybridized carbons (Fsp3) is 0.500. The third-order valence-electron chi connectivity index (χ3n) is 2.89. The zero-order valence-electron chi connectivity index (χ0n) is 11.5. The van der Waals surface area contributed by atoms with Crippen LogP contribution in [0.15, 0.2) is 22.7 Å². The number of hydrogen-bond acceptors (Lipinski definition) is 4. The van der Waals surface area contributed by atoms with Gasteiger partial charge in [-0.25, -0.2) is 0 Å². The van der Waals surface area contributed by atoms with E-state index in [0.29, 0.717) is 25.3 Å². The lowest BCUT2D eigenvalue weighted by molar-refractivity contribution is 0.171. The van der Waals surface area contributed by atoms with Gasteiger partial charge in [-0.3, -0.25) is 0 Å². The summed E-state index contributed by atoms with van der Waals surface area (Å²) < 4.78 is 11.2. The first-order valence-corrected chi connectivity index (χ1v) is 6.88. The van der Waals surface area contributed by atoms with E-state index in [9.17, 15) is 5.26 Å². The van der Waals surface area contributed by atoms with Crippen molar-refractivity contribution in [1.82, 2.24) is 0 Å². The van der Waals surface area contributed by atoms with Gasteiger partial charge in [-0.05, 0) is 35.0 Å². The van der Waals surface area contributed by atoms with E-state index in [2.05, 4.69) is 33.8 Å². The second-order valence-electron chi connectivity index (χ2n) is 4.24. The van der Waals surface area contributed by atoms with E-state index >= 15 is 0 Å². The van der Waals surface area contributed by atoms with Gasteiger partial charge in [0.25, 0.3) is 0 Å². The molecule has 104 valence electrons. The van der Waals surface area contributed by atoms with Crippen molar-refractivity contribution < 1.29 is 9.47 Å². The summed E-state index contributed by atoms with van der Waals surface area (Å²) in [6.07, 6.45) is 0. The SMILES string of the molecule is COCCN(c1cccc(Br)c1C#N)C(C)COC. The van der Waals surface area contributed by atoms with Crippen LogP contribution in [0.25, 0.3) is 0 Å². The van der Waals surface area contributed by atoms with E-state index in [1.54, 1.807) is 14.2 Å². The number of nitriles is 1. The van der Waals surface area contributed by atoms with Gasteiger partial charge in [0.15, 0.2) is 0 Å². The maximum atomic E-state index is 9.32. The zero-order chi connectivity index (χ0) is 14.3. The Hall–Kier alpha value is -1.09. The fourth-order valence-electron chi connectivity index (χ4n) is 1.96. The second-order valence-corrected chi connectivity index (χ2v) is 5.09. The molecule has 0 aliphatic carbocycles. The molecular weight excluding hydrogens is 308 g/mol. The number of nitrogens with zero attached hydrogens (tertiary/aromatic N) is 2. The molecule has 0 amide bonds. The van der Waals surface area contributed by atoms with E-state index in [-0.39, 0.29) is 6.04 Å². The first-order valence-electron chi connectivity index (χ1n) is 6.08. The fourth-order valence-corrected chi connectivity index (χ4v) is 2.41. The van der Waals surface area contributed by atoms with Gasteiger partial charge < -0.3 is 14.4 Å². The Labute approximate surface area is 123 Å². The van der Waals surface area contributed by atoms with Gasteiger partial charge in [-0.2, -0.15) is 5.26 Å². The number of rotatable bonds is 7. The van der Waals surface area contributed by atoms with Crippen LogP contribution in [0.5, 0.6) is 0 Å². The molecule has 0 N–H and O–H groups in total. The minimum Gasteiger partial charge on any atom is -0.383 e. The van der Waals surface area contributed by atoms with Crippen molar-refractivity contribution in [3.05, 3.63) is 28.2 Å². The highest BCUT2D eigenvalue weighted by Gasteiger charge is 2.18. The monoisotopic (exact) mass is 326 g/mol. The quantitative estimate of drug-likeness (QED) is 0.773. The minimum absolute atomic E-state index is 0.168. The largest absolute Gasteiger partial charge is 0.383 e. The molecule has 5 heteroatoms. The number of halogens is 1. The van der Waals surface area contributed by atoms with Crippen LogP contribution in [0.4, 0.5) is 5.69 Å². The second kappa shape index (κ2) is 8.16. The topological polar surface area (TPSA) is 45.5 Å². The van der Waals surface area contributed by atoms with Crippen LogP contribution < -0.4 is 4.90 Å². The van der Waals surface area contributed by atoms with Crippen molar-refractivity contribution in [1.29, 1.82) is 5.26 Å². The maximum absolute atomic E-state index is 9.32. The van der Waals surface area contributed by atoms with Gasteiger partial charge in [0.2, 0.25) is 0 Å². The molecule has 19 heavy (non-hydrogen) atoms. The molecule has 0 fully saturated rings. The Kier molecular flexibility index (Phi) is 6.85. The predicted molar refractivity (Wildman–Crippen MR) is 79.4 cm³/mol. The molecule has 0 aliphatic heterocycles. The predicted octanol–water partition coefficient (Wildman–Crippen LogP) is 2.81. The molecule has 0 heterocycles. The highest BCUT2D eigenvalue weighted by Crippen LogP contribution is 2.28. The minimum atomic E-state index is 0.168. The summed E-state index contributed by atoms with van der Waals surface area (Å²) in [6, 6.07) is 8.17. The highest BCUT2D eigenvalue weighted by atomic mass is 79.9. The lowest BCUT2D eigenvalue weighted by atomic mass is 10.1. The third-order valence-corrected chi connectivity index (χ3v) is 3.55. The molecule has 1 unspecified atom stereocenters. The Balaban J connectivity index is 3.10. The molecule has 0 saturated heterocycles. The van der Waals surface area contributed by atoms with Gasteiger partial charge in [0.1, 0.15) is 6.07 Å². The van der Waals surface area contributed by atoms with E-state index in [4.69, 9.17) is 9.47 Å². The lowest BCUT2D eigenvalue weighted by Gasteiger charge is -2.31. The maximum Gasteiger partial charge on any atom is 0.103 e. The Bertz CT molecular complexity index is 446. The Morgan fingerprint density at radius 3 is 2.68 bits per heavy atom. The van der Waals surface area contributed by atoms with Crippen LogP contribution in [0.2, 0.25) is 0 Å². The molecule has 0 aromatic heterocycles. The number of benzene rings is 1. The van der Waals surface area contributed by atoms with Crippen LogP contribution in [0.3, 0.4) is 0 Å². The van der Waals surface area contributed by atoms with Crippen molar-refractivity contribution in [2.75, 3.05) is 38.9 Å². The average molecular weight is 327 g/mol. The van der Waals surface area contributed by atoms with Gasteiger partial charge in [0, 0.05) is 31.3 Å². The van der Waals surface area contributed by atoms with Gasteiger partial charge >= 0.3 is 0 Å². The lowest BCUT2D eigenvalue weighted by Crippen LogP contribution is -2.39. The molecular formula is C14H19BrN2O2. The van der Waals surface area contributed by atoms with Crippen molar-refractivity contribution in [3.63, 3.8) is 0 Å². The number of anilines is 1. The summed E-state index contributed by atoms with van der Waals surface area (Å²) in [5.41, 5.74) is 1.54. The summed E-state index contributed by atoms with van der Waals surface area (Å²) in [7, 11) is 3.35. The van der Waals surface area contributed by atoms with Crippen molar-refractivity contribution in [3.8, 4) is 6.07 Å².